The van der Waals surface area contributed by atoms with Crippen molar-refractivity contribution in [1.29, 1.82) is 0 Å². The van der Waals surface area contributed by atoms with Gasteiger partial charge in [0.25, 0.3) is 5.91 Å². The Kier molecular flexibility index (Phi) is 7.74. The number of esters is 1. The van der Waals surface area contributed by atoms with E-state index < -0.39 is 17.7 Å². The number of amides is 1. The number of carbonyl (C=O) groups is 2. The molecular formula is C36H28Cl2FN3O6. The highest BCUT2D eigenvalue weighted by Gasteiger charge is 2.40. The molecular weight excluding hydrogens is 660 g/mol. The number of halogens is 3. The van der Waals surface area contributed by atoms with Crippen molar-refractivity contribution in [3.8, 4) is 28.0 Å². The predicted molar refractivity (Wildman–Crippen MR) is 178 cm³/mol. The molecule has 2 bridgehead atoms. The Hall–Kier alpha value is -4.64. The Morgan fingerprint density at radius 2 is 1.75 bits per heavy atom. The summed E-state index contributed by atoms with van der Waals surface area (Å²) in [6.45, 7) is 1.13. The first kappa shape index (κ1) is 30.7. The van der Waals surface area contributed by atoms with Gasteiger partial charge in [0.15, 0.2) is 6.73 Å². The Balaban J connectivity index is 1.11. The van der Waals surface area contributed by atoms with Gasteiger partial charge in [0.05, 0.1) is 72.1 Å². The zero-order valence-electron chi connectivity index (χ0n) is 25.7. The second-order valence-corrected chi connectivity index (χ2v) is 12.9. The number of para-hydroxylation sites is 1. The topological polar surface area (TPSA) is 94.3 Å². The Labute approximate surface area is 284 Å². The van der Waals surface area contributed by atoms with Crippen LogP contribution in [0.3, 0.4) is 0 Å². The Bertz CT molecular complexity index is 2080. The lowest BCUT2D eigenvalue weighted by Gasteiger charge is -2.37. The fraction of sp³-hybridized carbons (Fsp3) is 0.250. The van der Waals surface area contributed by atoms with E-state index in [9.17, 15) is 9.59 Å². The van der Waals surface area contributed by atoms with E-state index in [0.717, 1.165) is 18.2 Å². The van der Waals surface area contributed by atoms with E-state index >= 15 is 4.39 Å². The van der Waals surface area contributed by atoms with E-state index in [4.69, 9.17) is 41.8 Å². The fourth-order valence-corrected chi connectivity index (χ4v) is 7.73. The van der Waals surface area contributed by atoms with E-state index in [1.807, 2.05) is 12.1 Å². The van der Waals surface area contributed by atoms with Crippen molar-refractivity contribution in [3.63, 3.8) is 0 Å². The maximum Gasteiger partial charge on any atom is 0.340 e. The van der Waals surface area contributed by atoms with Gasteiger partial charge in [-0.3, -0.25) is 9.78 Å². The van der Waals surface area contributed by atoms with Crippen LogP contribution in [0.5, 0.6) is 5.75 Å². The second kappa shape index (κ2) is 12.1. The molecule has 5 heterocycles. The normalized spacial score (nSPS) is 18.5. The van der Waals surface area contributed by atoms with E-state index in [1.165, 1.54) is 18.1 Å². The first-order valence-electron chi connectivity index (χ1n) is 15.4. The Morgan fingerprint density at radius 3 is 2.50 bits per heavy atom. The molecule has 2 saturated heterocycles. The van der Waals surface area contributed by atoms with Crippen molar-refractivity contribution in [3.05, 3.63) is 99.7 Å². The van der Waals surface area contributed by atoms with Gasteiger partial charge in [0.1, 0.15) is 17.1 Å². The van der Waals surface area contributed by atoms with Gasteiger partial charge < -0.3 is 28.4 Å². The van der Waals surface area contributed by atoms with Gasteiger partial charge in [0.2, 0.25) is 0 Å². The van der Waals surface area contributed by atoms with Crippen LogP contribution in [0.1, 0.15) is 39.1 Å². The molecule has 0 radical (unpaired) electrons. The molecule has 0 saturated carbocycles. The number of ether oxygens (including phenoxy) is 3. The van der Waals surface area contributed by atoms with Crippen molar-refractivity contribution in [2.75, 3.05) is 32.0 Å². The molecule has 0 spiro atoms. The fourth-order valence-electron chi connectivity index (χ4n) is 7.08. The number of benzene rings is 3. The monoisotopic (exact) mass is 687 g/mol. The average molecular weight is 689 g/mol. The van der Waals surface area contributed by atoms with Crippen molar-refractivity contribution >= 4 is 51.7 Å². The van der Waals surface area contributed by atoms with Crippen LogP contribution in [0.2, 0.25) is 10.0 Å². The minimum atomic E-state index is -0.609. The SMILES string of the molecule is COC(=O)c1cc(F)c(-c2cccc3c2OCN(C(=O)c2c(Cl)cc(-c4cncc5ccoc45)cc2Cl)C3)cc1N1C2CCC1COC2. The van der Waals surface area contributed by atoms with Crippen LogP contribution >= 0.6 is 23.2 Å². The number of nitrogens with zero attached hydrogens (tertiary/aromatic N) is 3. The van der Waals surface area contributed by atoms with E-state index in [2.05, 4.69) is 9.88 Å². The zero-order chi connectivity index (χ0) is 33.1. The first-order valence-corrected chi connectivity index (χ1v) is 16.2. The highest BCUT2D eigenvalue weighted by atomic mass is 35.5. The molecule has 2 unspecified atom stereocenters. The Morgan fingerprint density at radius 1 is 0.979 bits per heavy atom. The lowest BCUT2D eigenvalue weighted by atomic mass is 9.96. The molecule has 3 aliphatic heterocycles. The van der Waals surface area contributed by atoms with Gasteiger partial charge in [0, 0.05) is 40.0 Å². The van der Waals surface area contributed by atoms with Crippen LogP contribution in [0, 0.1) is 5.82 Å². The van der Waals surface area contributed by atoms with Crippen LogP contribution in [0.25, 0.3) is 33.2 Å². The maximum absolute atomic E-state index is 15.9. The van der Waals surface area contributed by atoms with E-state index in [1.54, 1.807) is 49.0 Å². The summed E-state index contributed by atoms with van der Waals surface area (Å²) in [5.41, 5.74) is 4.36. The van der Waals surface area contributed by atoms with Crippen LogP contribution < -0.4 is 9.64 Å². The third-order valence-electron chi connectivity index (χ3n) is 9.33. The molecule has 2 aromatic heterocycles. The molecule has 2 fully saturated rings. The second-order valence-electron chi connectivity index (χ2n) is 12.1. The molecule has 3 aliphatic rings. The quantitative estimate of drug-likeness (QED) is 0.173. The van der Waals surface area contributed by atoms with Crippen molar-refractivity contribution in [2.45, 2.75) is 31.5 Å². The number of hydrogen-bond acceptors (Lipinski definition) is 8. The zero-order valence-corrected chi connectivity index (χ0v) is 27.2. The molecule has 3 aromatic carbocycles. The summed E-state index contributed by atoms with van der Waals surface area (Å²) < 4.78 is 38.5. The number of anilines is 1. The summed E-state index contributed by atoms with van der Waals surface area (Å²) in [5, 5.41) is 1.16. The summed E-state index contributed by atoms with van der Waals surface area (Å²) >= 11 is 13.4. The highest BCUT2D eigenvalue weighted by Crippen LogP contribution is 2.44. The number of hydrogen-bond donors (Lipinski definition) is 0. The first-order chi connectivity index (χ1) is 23.3. The number of aromatic nitrogens is 1. The molecule has 1 amide bonds. The molecule has 12 heteroatoms. The lowest BCUT2D eigenvalue weighted by Crippen LogP contribution is -2.46. The van der Waals surface area contributed by atoms with E-state index in [0.29, 0.717) is 52.5 Å². The summed E-state index contributed by atoms with van der Waals surface area (Å²) in [7, 11) is 1.29. The molecule has 48 heavy (non-hydrogen) atoms. The summed E-state index contributed by atoms with van der Waals surface area (Å²) in [4.78, 5) is 34.6. The molecule has 5 aromatic rings. The molecule has 0 N–H and O–H groups in total. The summed E-state index contributed by atoms with van der Waals surface area (Å²) in [6.07, 6.45) is 6.76. The maximum atomic E-state index is 15.9. The summed E-state index contributed by atoms with van der Waals surface area (Å²) in [6, 6.07) is 13.6. The van der Waals surface area contributed by atoms with Gasteiger partial charge in [-0.15, -0.1) is 0 Å². The van der Waals surface area contributed by atoms with Gasteiger partial charge in [-0.05, 0) is 48.7 Å². The number of rotatable bonds is 5. The molecule has 244 valence electrons. The smallest absolute Gasteiger partial charge is 0.340 e. The standard InChI is InChI=1S/C36H28Cl2FN3O6/c1-45-36(44)26-11-30(39)25(12-31(26)42-22-5-6-23(42)17-46-16-22)24-4-2-3-20-15-41(18-48-34(20)24)35(43)32-28(37)9-21(10-29(32)38)27-14-40-13-19-7-8-47-33(19)27/h2-4,7-14,22-23H,5-6,15-18H2,1H3. The number of furan rings is 1. The largest absolute Gasteiger partial charge is 0.472 e. The van der Waals surface area contributed by atoms with Gasteiger partial charge in [-0.2, -0.15) is 0 Å². The molecule has 8 rings (SSSR count). The molecule has 0 aliphatic carbocycles. The van der Waals surface area contributed by atoms with Crippen LogP contribution in [-0.2, 0) is 16.0 Å². The molecule has 9 nitrogen and oxygen atoms in total. The number of morpholine rings is 1. The predicted octanol–water partition coefficient (Wildman–Crippen LogP) is 7.75. The van der Waals surface area contributed by atoms with Crippen LogP contribution in [0.15, 0.2) is 71.6 Å². The highest BCUT2D eigenvalue weighted by molar-refractivity contribution is 6.40. The lowest BCUT2D eigenvalue weighted by molar-refractivity contribution is 0.0515. The van der Waals surface area contributed by atoms with Gasteiger partial charge in [-0.1, -0.05) is 41.4 Å². The van der Waals surface area contributed by atoms with Gasteiger partial charge in [-0.25, -0.2) is 9.18 Å². The number of carbonyl (C=O) groups excluding carboxylic acids is 2. The van der Waals surface area contributed by atoms with Crippen molar-refractivity contribution in [1.82, 2.24) is 9.88 Å². The third kappa shape index (κ3) is 5.06. The van der Waals surface area contributed by atoms with Gasteiger partial charge >= 0.3 is 5.97 Å². The third-order valence-corrected chi connectivity index (χ3v) is 9.93. The van der Waals surface area contributed by atoms with Crippen molar-refractivity contribution < 1.29 is 32.6 Å². The number of fused-ring (bicyclic) bond motifs is 4. The average Bonchev–Trinajstić information content (AvgIpc) is 3.67. The number of pyridine rings is 1. The van der Waals surface area contributed by atoms with Crippen molar-refractivity contribution in [2.24, 2.45) is 0 Å². The number of methoxy groups -OCH3 is 1. The van der Waals surface area contributed by atoms with Crippen LogP contribution in [-0.4, -0.2) is 60.9 Å². The minimum Gasteiger partial charge on any atom is -0.472 e. The minimum absolute atomic E-state index is 0.0780. The van der Waals surface area contributed by atoms with Crippen LogP contribution in [0.4, 0.5) is 10.1 Å². The molecule has 2 atom stereocenters. The summed E-state index contributed by atoms with van der Waals surface area (Å²) in [5.74, 6) is -1.16. The van der Waals surface area contributed by atoms with E-state index in [-0.39, 0.29) is 52.1 Å².